The summed E-state index contributed by atoms with van der Waals surface area (Å²) in [6.45, 7) is 2.97. The van der Waals surface area contributed by atoms with Crippen molar-refractivity contribution >= 4 is 23.6 Å². The van der Waals surface area contributed by atoms with Crippen LogP contribution in [0.5, 0.6) is 11.5 Å². The Balaban J connectivity index is 1.79. The Labute approximate surface area is 171 Å². The molecule has 0 atom stereocenters. The highest BCUT2D eigenvalue weighted by Gasteiger charge is 2.17. The van der Waals surface area contributed by atoms with Crippen LogP contribution in [0.2, 0.25) is 0 Å². The number of amides is 1. The van der Waals surface area contributed by atoms with Crippen molar-refractivity contribution in [2.75, 3.05) is 30.5 Å². The molecule has 1 aromatic heterocycles. The Morgan fingerprint density at radius 2 is 1.76 bits per heavy atom. The highest BCUT2D eigenvalue weighted by molar-refractivity contribution is 5.84. The molecule has 3 aromatic rings. The quantitative estimate of drug-likeness (QED) is 0.506. The number of ether oxygens (including phenoxy) is 2. The summed E-state index contributed by atoms with van der Waals surface area (Å²) in [5.41, 5.74) is 2.74. The van der Waals surface area contributed by atoms with Crippen LogP contribution in [-0.4, -0.2) is 32.1 Å². The summed E-state index contributed by atoms with van der Waals surface area (Å²) in [7, 11) is 3.49. The number of carbonyl (C=O) groups is 1. The summed E-state index contributed by atoms with van der Waals surface area (Å²) in [6.07, 6.45) is 2.44. The SMILES string of the molecule is CCN(C=O)c1cc(OC)cnc1N(C)c1ccc(OCc2ccccc2)cc1. The normalized spacial score (nSPS) is 10.3. The zero-order valence-electron chi connectivity index (χ0n) is 16.9. The molecule has 0 saturated carbocycles. The molecule has 1 amide bonds. The summed E-state index contributed by atoms with van der Waals surface area (Å²) in [6, 6.07) is 19.6. The predicted octanol–water partition coefficient (Wildman–Crippen LogP) is 4.42. The van der Waals surface area contributed by atoms with Crippen molar-refractivity contribution in [2.45, 2.75) is 13.5 Å². The molecule has 6 nitrogen and oxygen atoms in total. The number of pyridine rings is 1. The minimum absolute atomic E-state index is 0.519. The fraction of sp³-hybridized carbons (Fsp3) is 0.217. The molecule has 2 aromatic carbocycles. The minimum atomic E-state index is 0.519. The molecule has 0 aliphatic heterocycles. The smallest absolute Gasteiger partial charge is 0.214 e. The Morgan fingerprint density at radius 3 is 2.38 bits per heavy atom. The minimum Gasteiger partial charge on any atom is -0.495 e. The lowest BCUT2D eigenvalue weighted by Gasteiger charge is -2.25. The van der Waals surface area contributed by atoms with Crippen molar-refractivity contribution in [2.24, 2.45) is 0 Å². The third-order valence-electron chi connectivity index (χ3n) is 4.63. The van der Waals surface area contributed by atoms with Gasteiger partial charge in [-0.25, -0.2) is 4.98 Å². The molecule has 0 N–H and O–H groups in total. The van der Waals surface area contributed by atoms with Gasteiger partial charge in [0.15, 0.2) is 5.82 Å². The molecular formula is C23H25N3O3. The van der Waals surface area contributed by atoms with Gasteiger partial charge in [0, 0.05) is 25.3 Å². The van der Waals surface area contributed by atoms with Gasteiger partial charge in [0.2, 0.25) is 6.41 Å². The molecule has 0 unspecified atom stereocenters. The Hall–Kier alpha value is -3.54. The first kappa shape index (κ1) is 20.2. The van der Waals surface area contributed by atoms with E-state index in [2.05, 4.69) is 4.98 Å². The molecule has 0 aliphatic carbocycles. The largest absolute Gasteiger partial charge is 0.495 e. The van der Waals surface area contributed by atoms with Crippen LogP contribution in [0.1, 0.15) is 12.5 Å². The van der Waals surface area contributed by atoms with E-state index in [0.717, 1.165) is 23.4 Å². The topological polar surface area (TPSA) is 54.9 Å². The van der Waals surface area contributed by atoms with Crippen LogP contribution in [-0.2, 0) is 11.4 Å². The second-order valence-corrected chi connectivity index (χ2v) is 6.44. The van der Waals surface area contributed by atoms with Crippen LogP contribution in [0.15, 0.2) is 66.9 Å². The molecule has 0 spiro atoms. The molecular weight excluding hydrogens is 366 g/mol. The van der Waals surface area contributed by atoms with Crippen molar-refractivity contribution in [3.8, 4) is 11.5 Å². The maximum Gasteiger partial charge on any atom is 0.214 e. The van der Waals surface area contributed by atoms with E-state index in [1.54, 1.807) is 18.2 Å². The second-order valence-electron chi connectivity index (χ2n) is 6.44. The van der Waals surface area contributed by atoms with Gasteiger partial charge in [-0.2, -0.15) is 0 Å². The highest BCUT2D eigenvalue weighted by Crippen LogP contribution is 2.34. The summed E-state index contributed by atoms with van der Waals surface area (Å²) in [5.74, 6) is 2.05. The van der Waals surface area contributed by atoms with Gasteiger partial charge < -0.3 is 19.3 Å². The van der Waals surface area contributed by atoms with E-state index in [9.17, 15) is 4.79 Å². The molecule has 0 fully saturated rings. The third-order valence-corrected chi connectivity index (χ3v) is 4.63. The van der Waals surface area contributed by atoms with Crippen molar-refractivity contribution < 1.29 is 14.3 Å². The molecule has 29 heavy (non-hydrogen) atoms. The summed E-state index contributed by atoms with van der Waals surface area (Å²) in [4.78, 5) is 19.5. The molecule has 0 radical (unpaired) electrons. The zero-order valence-corrected chi connectivity index (χ0v) is 16.9. The van der Waals surface area contributed by atoms with Crippen molar-refractivity contribution in [1.29, 1.82) is 0 Å². The lowest BCUT2D eigenvalue weighted by molar-refractivity contribution is -0.107. The number of anilines is 3. The lowest BCUT2D eigenvalue weighted by Crippen LogP contribution is -2.24. The molecule has 0 bridgehead atoms. The summed E-state index contributed by atoms with van der Waals surface area (Å²) in [5, 5.41) is 0. The monoisotopic (exact) mass is 391 g/mol. The van der Waals surface area contributed by atoms with E-state index >= 15 is 0 Å². The lowest BCUT2D eigenvalue weighted by atomic mass is 10.2. The fourth-order valence-electron chi connectivity index (χ4n) is 2.94. The van der Waals surface area contributed by atoms with Gasteiger partial charge in [-0.05, 0) is 36.8 Å². The number of carbonyl (C=O) groups excluding carboxylic acids is 1. The summed E-state index contributed by atoms with van der Waals surface area (Å²) >= 11 is 0. The molecule has 0 aliphatic rings. The van der Waals surface area contributed by atoms with Crippen LogP contribution >= 0.6 is 0 Å². The number of nitrogens with zero attached hydrogens (tertiary/aromatic N) is 3. The van der Waals surface area contributed by atoms with E-state index in [1.165, 1.54) is 0 Å². The third kappa shape index (κ3) is 4.85. The number of rotatable bonds is 9. The number of benzene rings is 2. The van der Waals surface area contributed by atoms with Gasteiger partial charge >= 0.3 is 0 Å². The highest BCUT2D eigenvalue weighted by atomic mass is 16.5. The van der Waals surface area contributed by atoms with E-state index in [1.807, 2.05) is 79.5 Å². The van der Waals surface area contributed by atoms with Gasteiger partial charge in [0.05, 0.1) is 19.0 Å². The average molecular weight is 391 g/mol. The predicted molar refractivity (Wildman–Crippen MR) is 115 cm³/mol. The van der Waals surface area contributed by atoms with Crippen molar-refractivity contribution in [3.05, 3.63) is 72.4 Å². The first-order chi connectivity index (χ1) is 14.2. The molecule has 3 rings (SSSR count). The first-order valence-electron chi connectivity index (χ1n) is 9.42. The second kappa shape index (κ2) is 9.59. The first-order valence-corrected chi connectivity index (χ1v) is 9.42. The number of aromatic nitrogens is 1. The number of hydrogen-bond acceptors (Lipinski definition) is 5. The average Bonchev–Trinajstić information content (AvgIpc) is 2.79. The van der Waals surface area contributed by atoms with E-state index in [4.69, 9.17) is 9.47 Å². The van der Waals surface area contributed by atoms with Gasteiger partial charge in [-0.3, -0.25) is 4.79 Å². The van der Waals surface area contributed by atoms with Crippen LogP contribution in [0.25, 0.3) is 0 Å². The number of hydrogen-bond donors (Lipinski definition) is 0. The Morgan fingerprint density at radius 1 is 1.03 bits per heavy atom. The van der Waals surface area contributed by atoms with Crippen LogP contribution in [0.4, 0.5) is 17.2 Å². The molecule has 150 valence electrons. The van der Waals surface area contributed by atoms with Crippen LogP contribution in [0, 0.1) is 0 Å². The van der Waals surface area contributed by atoms with Gasteiger partial charge in [-0.1, -0.05) is 30.3 Å². The Bertz CT molecular complexity index is 930. The fourth-order valence-corrected chi connectivity index (χ4v) is 2.94. The van der Waals surface area contributed by atoms with Gasteiger partial charge in [0.1, 0.15) is 18.1 Å². The van der Waals surface area contributed by atoms with E-state index in [-0.39, 0.29) is 0 Å². The van der Waals surface area contributed by atoms with E-state index < -0.39 is 0 Å². The van der Waals surface area contributed by atoms with Crippen molar-refractivity contribution in [1.82, 2.24) is 4.98 Å². The zero-order chi connectivity index (χ0) is 20.6. The molecule has 6 heteroatoms. The van der Waals surface area contributed by atoms with Crippen LogP contribution < -0.4 is 19.3 Å². The Kier molecular flexibility index (Phi) is 6.68. The van der Waals surface area contributed by atoms with Gasteiger partial charge in [-0.15, -0.1) is 0 Å². The molecule has 1 heterocycles. The summed E-state index contributed by atoms with van der Waals surface area (Å²) < 4.78 is 11.1. The van der Waals surface area contributed by atoms with E-state index in [0.29, 0.717) is 30.4 Å². The van der Waals surface area contributed by atoms with Gasteiger partial charge in [0.25, 0.3) is 0 Å². The van der Waals surface area contributed by atoms with Crippen LogP contribution in [0.3, 0.4) is 0 Å². The molecule has 0 saturated heterocycles. The maximum absolute atomic E-state index is 11.5. The van der Waals surface area contributed by atoms with Crippen molar-refractivity contribution in [3.63, 3.8) is 0 Å². The number of methoxy groups -OCH3 is 1. The maximum atomic E-state index is 11.5. The standard InChI is InChI=1S/C23H25N3O3/c1-4-26(17-27)22-14-21(28-3)15-24-23(22)25(2)19-10-12-20(13-11-19)29-16-18-8-6-5-7-9-18/h5-15,17H,4,16H2,1-3H3.